The maximum Gasteiger partial charge on any atom is 0.127 e. The van der Waals surface area contributed by atoms with Gasteiger partial charge in [0.25, 0.3) is 0 Å². The Kier molecular flexibility index (Phi) is 3.89. The van der Waals surface area contributed by atoms with Gasteiger partial charge in [-0.15, -0.1) is 0 Å². The van der Waals surface area contributed by atoms with Gasteiger partial charge in [-0.2, -0.15) is 12.6 Å². The average Bonchev–Trinajstić information content (AvgIpc) is 2.38. The largest absolute Gasteiger partial charge is 0.492 e. The highest BCUT2D eigenvalue weighted by Crippen LogP contribution is 2.29. The standard InChI is InChI=1S/C14H14OS/c16-11-10-15-14-9-5-4-8-13(14)12-6-2-1-3-7-12/h1-9,16H,10-11H2. The van der Waals surface area contributed by atoms with Gasteiger partial charge in [0, 0.05) is 11.3 Å². The molecule has 0 N–H and O–H groups in total. The van der Waals surface area contributed by atoms with Crippen molar-refractivity contribution in [3.05, 3.63) is 54.6 Å². The lowest BCUT2D eigenvalue weighted by Gasteiger charge is -2.10. The van der Waals surface area contributed by atoms with Crippen molar-refractivity contribution < 1.29 is 4.74 Å². The zero-order chi connectivity index (χ0) is 11.2. The monoisotopic (exact) mass is 230 g/mol. The van der Waals surface area contributed by atoms with E-state index in [1.807, 2.05) is 36.4 Å². The molecular weight excluding hydrogens is 216 g/mol. The van der Waals surface area contributed by atoms with Gasteiger partial charge in [0.15, 0.2) is 0 Å². The van der Waals surface area contributed by atoms with Gasteiger partial charge in [-0.25, -0.2) is 0 Å². The fourth-order valence-corrected chi connectivity index (χ4v) is 1.70. The molecule has 82 valence electrons. The number of rotatable bonds is 4. The number of ether oxygens (including phenoxy) is 1. The molecule has 2 aromatic rings. The van der Waals surface area contributed by atoms with Crippen LogP contribution in [0.1, 0.15) is 0 Å². The molecule has 0 unspecified atom stereocenters. The van der Waals surface area contributed by atoms with E-state index in [9.17, 15) is 0 Å². The molecule has 0 amide bonds. The van der Waals surface area contributed by atoms with Crippen molar-refractivity contribution in [2.75, 3.05) is 12.4 Å². The Labute approximate surface area is 101 Å². The zero-order valence-corrected chi connectivity index (χ0v) is 9.86. The zero-order valence-electron chi connectivity index (χ0n) is 8.97. The van der Waals surface area contributed by atoms with Crippen LogP contribution in [-0.2, 0) is 0 Å². The molecule has 0 radical (unpaired) electrons. The molecule has 0 aliphatic heterocycles. The second kappa shape index (κ2) is 5.61. The van der Waals surface area contributed by atoms with Crippen molar-refractivity contribution in [2.45, 2.75) is 0 Å². The molecule has 2 heteroatoms. The molecule has 0 spiro atoms. The fraction of sp³-hybridized carbons (Fsp3) is 0.143. The van der Waals surface area contributed by atoms with Gasteiger partial charge in [-0.05, 0) is 11.6 Å². The maximum atomic E-state index is 5.66. The van der Waals surface area contributed by atoms with E-state index in [2.05, 4.69) is 30.8 Å². The van der Waals surface area contributed by atoms with Crippen LogP contribution in [0.25, 0.3) is 11.1 Å². The van der Waals surface area contributed by atoms with E-state index in [-0.39, 0.29) is 0 Å². The number of para-hydroxylation sites is 1. The normalized spacial score (nSPS) is 10.1. The van der Waals surface area contributed by atoms with Crippen LogP contribution in [0.15, 0.2) is 54.6 Å². The molecule has 0 aromatic heterocycles. The highest BCUT2D eigenvalue weighted by molar-refractivity contribution is 7.80. The van der Waals surface area contributed by atoms with Crippen LogP contribution in [0.4, 0.5) is 0 Å². The number of hydrogen-bond acceptors (Lipinski definition) is 2. The summed E-state index contributed by atoms with van der Waals surface area (Å²) in [6.45, 7) is 0.632. The second-order valence-electron chi connectivity index (χ2n) is 3.43. The van der Waals surface area contributed by atoms with Crippen molar-refractivity contribution in [2.24, 2.45) is 0 Å². The van der Waals surface area contributed by atoms with Crippen molar-refractivity contribution in [3.8, 4) is 16.9 Å². The second-order valence-corrected chi connectivity index (χ2v) is 3.88. The summed E-state index contributed by atoms with van der Waals surface area (Å²) in [7, 11) is 0. The van der Waals surface area contributed by atoms with E-state index in [0.717, 1.165) is 17.1 Å². The van der Waals surface area contributed by atoms with Gasteiger partial charge in [-0.3, -0.25) is 0 Å². The van der Waals surface area contributed by atoms with E-state index in [4.69, 9.17) is 4.74 Å². The highest BCUT2D eigenvalue weighted by atomic mass is 32.1. The van der Waals surface area contributed by atoms with Gasteiger partial charge in [-0.1, -0.05) is 48.5 Å². The molecule has 2 aromatic carbocycles. The Hall–Kier alpha value is -1.41. The molecule has 2 rings (SSSR count). The minimum atomic E-state index is 0.632. The molecule has 0 bridgehead atoms. The van der Waals surface area contributed by atoms with E-state index in [0.29, 0.717) is 6.61 Å². The lowest BCUT2D eigenvalue weighted by atomic mass is 10.1. The molecule has 16 heavy (non-hydrogen) atoms. The average molecular weight is 230 g/mol. The third-order valence-corrected chi connectivity index (χ3v) is 2.50. The predicted molar refractivity (Wildman–Crippen MR) is 71.2 cm³/mol. The van der Waals surface area contributed by atoms with Crippen molar-refractivity contribution >= 4 is 12.6 Å². The summed E-state index contributed by atoms with van der Waals surface area (Å²) in [5.74, 6) is 1.64. The van der Waals surface area contributed by atoms with Crippen LogP contribution in [0.3, 0.4) is 0 Å². The van der Waals surface area contributed by atoms with Crippen molar-refractivity contribution in [3.63, 3.8) is 0 Å². The van der Waals surface area contributed by atoms with E-state index >= 15 is 0 Å². The first kappa shape index (κ1) is 11.1. The Morgan fingerprint density at radius 3 is 2.31 bits per heavy atom. The topological polar surface area (TPSA) is 9.23 Å². The van der Waals surface area contributed by atoms with Crippen molar-refractivity contribution in [1.29, 1.82) is 0 Å². The van der Waals surface area contributed by atoms with Crippen LogP contribution >= 0.6 is 12.6 Å². The molecular formula is C14H14OS. The minimum Gasteiger partial charge on any atom is -0.492 e. The summed E-state index contributed by atoms with van der Waals surface area (Å²) in [6, 6.07) is 18.3. The van der Waals surface area contributed by atoms with Crippen LogP contribution < -0.4 is 4.74 Å². The predicted octanol–water partition coefficient (Wildman–Crippen LogP) is 3.66. The number of thiol groups is 1. The Morgan fingerprint density at radius 2 is 1.56 bits per heavy atom. The summed E-state index contributed by atoms with van der Waals surface area (Å²) in [4.78, 5) is 0. The molecule has 0 aliphatic carbocycles. The quantitative estimate of drug-likeness (QED) is 0.789. The third kappa shape index (κ3) is 2.58. The first-order valence-electron chi connectivity index (χ1n) is 5.30. The van der Waals surface area contributed by atoms with Crippen molar-refractivity contribution in [1.82, 2.24) is 0 Å². The molecule has 0 atom stereocenters. The molecule has 0 saturated heterocycles. The highest BCUT2D eigenvalue weighted by Gasteiger charge is 2.04. The van der Waals surface area contributed by atoms with E-state index < -0.39 is 0 Å². The van der Waals surface area contributed by atoms with Crippen LogP contribution in [0, 0.1) is 0 Å². The number of benzene rings is 2. The summed E-state index contributed by atoms with van der Waals surface area (Å²) >= 11 is 4.15. The van der Waals surface area contributed by atoms with Crippen LogP contribution in [-0.4, -0.2) is 12.4 Å². The summed E-state index contributed by atoms with van der Waals surface area (Å²) in [5.41, 5.74) is 2.31. The molecule has 0 saturated carbocycles. The lowest BCUT2D eigenvalue weighted by Crippen LogP contribution is -1.99. The van der Waals surface area contributed by atoms with E-state index in [1.54, 1.807) is 0 Å². The SMILES string of the molecule is SCCOc1ccccc1-c1ccccc1. The first-order valence-corrected chi connectivity index (χ1v) is 5.93. The van der Waals surface area contributed by atoms with Gasteiger partial charge >= 0.3 is 0 Å². The van der Waals surface area contributed by atoms with Gasteiger partial charge in [0.2, 0.25) is 0 Å². The van der Waals surface area contributed by atoms with Crippen LogP contribution in [0.2, 0.25) is 0 Å². The Balaban J connectivity index is 2.33. The first-order chi connectivity index (χ1) is 7.92. The summed E-state index contributed by atoms with van der Waals surface area (Å²) in [5, 5.41) is 0. The molecule has 1 nitrogen and oxygen atoms in total. The summed E-state index contributed by atoms with van der Waals surface area (Å²) < 4.78 is 5.66. The lowest BCUT2D eigenvalue weighted by molar-refractivity contribution is 0.346. The molecule has 0 fully saturated rings. The molecule has 0 heterocycles. The van der Waals surface area contributed by atoms with Crippen LogP contribution in [0.5, 0.6) is 5.75 Å². The minimum absolute atomic E-state index is 0.632. The summed E-state index contributed by atoms with van der Waals surface area (Å²) in [6.07, 6.45) is 0. The van der Waals surface area contributed by atoms with E-state index in [1.165, 1.54) is 5.56 Å². The van der Waals surface area contributed by atoms with Gasteiger partial charge in [0.1, 0.15) is 5.75 Å². The van der Waals surface area contributed by atoms with Gasteiger partial charge in [0.05, 0.1) is 6.61 Å². The van der Waals surface area contributed by atoms with Gasteiger partial charge < -0.3 is 4.74 Å². The maximum absolute atomic E-state index is 5.66. The molecule has 0 aliphatic rings. The fourth-order valence-electron chi connectivity index (χ4n) is 1.60. The number of hydrogen-bond donors (Lipinski definition) is 1. The smallest absolute Gasteiger partial charge is 0.127 e. The third-order valence-electron chi connectivity index (χ3n) is 2.32. The Bertz CT molecular complexity index is 439. The Morgan fingerprint density at radius 1 is 0.875 bits per heavy atom.